The van der Waals surface area contributed by atoms with E-state index in [1.165, 1.54) is 0 Å². The number of aliphatic hydroxyl groups excluding tert-OH is 1. The maximum absolute atomic E-state index is 13.3. The van der Waals surface area contributed by atoms with Crippen LogP contribution in [0.15, 0.2) is 48.5 Å². The predicted molar refractivity (Wildman–Crippen MR) is 128 cm³/mol. The third kappa shape index (κ3) is 5.38. The number of amides is 2. The molecule has 6 heteroatoms. The van der Waals surface area contributed by atoms with Crippen molar-refractivity contribution in [3.8, 4) is 5.75 Å². The molecule has 3 heterocycles. The second-order valence-electron chi connectivity index (χ2n) is 9.41. The van der Waals surface area contributed by atoms with E-state index in [4.69, 9.17) is 4.74 Å². The van der Waals surface area contributed by atoms with Crippen LogP contribution in [0.4, 0.5) is 0 Å². The minimum atomic E-state index is -0.141. The lowest BCUT2D eigenvalue weighted by Crippen LogP contribution is -2.44. The van der Waals surface area contributed by atoms with Gasteiger partial charge >= 0.3 is 0 Å². The summed E-state index contributed by atoms with van der Waals surface area (Å²) in [7, 11) is 0. The lowest BCUT2D eigenvalue weighted by Gasteiger charge is -2.41. The van der Waals surface area contributed by atoms with Gasteiger partial charge in [0, 0.05) is 31.8 Å². The summed E-state index contributed by atoms with van der Waals surface area (Å²) in [5.41, 5.74) is 2.15. The Labute approximate surface area is 196 Å². The van der Waals surface area contributed by atoms with Crippen LogP contribution in [0.3, 0.4) is 0 Å². The van der Waals surface area contributed by atoms with Crippen molar-refractivity contribution in [2.24, 2.45) is 5.41 Å². The maximum Gasteiger partial charge on any atom is 0.257 e. The molecule has 2 bridgehead atoms. The van der Waals surface area contributed by atoms with Crippen molar-refractivity contribution in [1.82, 2.24) is 9.80 Å². The Kier molecular flexibility index (Phi) is 7.33. The van der Waals surface area contributed by atoms with Crippen LogP contribution in [0.2, 0.25) is 0 Å². The highest BCUT2D eigenvalue weighted by Gasteiger charge is 2.36. The fourth-order valence-electron chi connectivity index (χ4n) is 4.95. The van der Waals surface area contributed by atoms with E-state index in [2.05, 4.69) is 0 Å². The quantitative estimate of drug-likeness (QED) is 0.753. The lowest BCUT2D eigenvalue weighted by atomic mass is 9.75. The molecule has 1 fully saturated rings. The van der Waals surface area contributed by atoms with Gasteiger partial charge in [0.15, 0.2) is 0 Å². The van der Waals surface area contributed by atoms with Gasteiger partial charge in [0.05, 0.1) is 12.1 Å². The van der Waals surface area contributed by atoms with Gasteiger partial charge in [-0.1, -0.05) is 36.2 Å². The summed E-state index contributed by atoms with van der Waals surface area (Å²) in [5.74, 6) is 0.527. The minimum Gasteiger partial charge on any atom is -0.491 e. The summed E-state index contributed by atoms with van der Waals surface area (Å²) in [4.78, 5) is 30.2. The minimum absolute atomic E-state index is 0.000101. The van der Waals surface area contributed by atoms with E-state index in [1.54, 1.807) is 6.07 Å². The number of benzene rings is 2. The summed E-state index contributed by atoms with van der Waals surface area (Å²) in [6.45, 7) is 4.83. The molecular weight excluding hydrogens is 416 g/mol. The Bertz CT molecular complexity index is 982. The summed E-state index contributed by atoms with van der Waals surface area (Å²) in [5, 5.41) is 10.2. The molecular formula is C27H34N2O4. The molecule has 0 atom stereocenters. The zero-order valence-electron chi connectivity index (χ0n) is 19.5. The largest absolute Gasteiger partial charge is 0.491 e. The van der Waals surface area contributed by atoms with Gasteiger partial charge in [-0.3, -0.25) is 9.59 Å². The number of hydrogen-bond acceptors (Lipinski definition) is 4. The van der Waals surface area contributed by atoms with Crippen molar-refractivity contribution >= 4 is 11.8 Å². The number of para-hydroxylation sites is 1. The number of rotatable bonds is 2. The summed E-state index contributed by atoms with van der Waals surface area (Å²) < 4.78 is 6.04. The SMILES string of the molecule is Cc1cccc(C(=O)N2CCCCC3(CO)CCN(CC3)C(=O)c3ccccc3OCC2)c1. The van der Waals surface area contributed by atoms with E-state index in [0.29, 0.717) is 49.7 Å². The summed E-state index contributed by atoms with van der Waals surface area (Å²) in [6, 6.07) is 15.0. The molecule has 33 heavy (non-hydrogen) atoms. The van der Waals surface area contributed by atoms with Crippen LogP contribution in [0.1, 0.15) is 58.4 Å². The Morgan fingerprint density at radius 1 is 1.00 bits per heavy atom. The van der Waals surface area contributed by atoms with E-state index in [-0.39, 0.29) is 23.8 Å². The molecule has 0 spiro atoms. The van der Waals surface area contributed by atoms with E-state index >= 15 is 0 Å². The number of fused-ring (bicyclic) bond motifs is 9. The molecule has 0 unspecified atom stereocenters. The summed E-state index contributed by atoms with van der Waals surface area (Å²) >= 11 is 0. The molecule has 2 amide bonds. The molecule has 3 aliphatic rings. The number of ether oxygens (including phenoxy) is 1. The van der Waals surface area contributed by atoms with E-state index in [9.17, 15) is 14.7 Å². The molecule has 5 rings (SSSR count). The first kappa shape index (κ1) is 23.3. The average molecular weight is 451 g/mol. The van der Waals surface area contributed by atoms with Crippen LogP contribution in [-0.2, 0) is 0 Å². The monoisotopic (exact) mass is 450 g/mol. The van der Waals surface area contributed by atoms with Crippen LogP contribution >= 0.6 is 0 Å². The topological polar surface area (TPSA) is 70.1 Å². The van der Waals surface area contributed by atoms with Crippen molar-refractivity contribution in [2.75, 3.05) is 39.4 Å². The molecule has 3 aliphatic heterocycles. The smallest absolute Gasteiger partial charge is 0.257 e. The van der Waals surface area contributed by atoms with Crippen molar-refractivity contribution < 1.29 is 19.4 Å². The first-order chi connectivity index (χ1) is 16.0. The number of nitrogens with zero attached hydrogens (tertiary/aromatic N) is 2. The first-order valence-electron chi connectivity index (χ1n) is 12.0. The zero-order valence-corrected chi connectivity index (χ0v) is 19.5. The van der Waals surface area contributed by atoms with E-state index in [1.807, 2.05) is 59.2 Å². The fraction of sp³-hybridized carbons (Fsp3) is 0.481. The highest BCUT2D eigenvalue weighted by Crippen LogP contribution is 2.37. The van der Waals surface area contributed by atoms with Crippen LogP contribution < -0.4 is 4.74 Å². The van der Waals surface area contributed by atoms with Crippen LogP contribution in [0.25, 0.3) is 0 Å². The van der Waals surface area contributed by atoms with Crippen LogP contribution in [-0.4, -0.2) is 66.1 Å². The number of carbonyl (C=O) groups is 2. The van der Waals surface area contributed by atoms with E-state index < -0.39 is 0 Å². The van der Waals surface area contributed by atoms with Gasteiger partial charge in [0.25, 0.3) is 11.8 Å². The normalized spacial score (nSPS) is 19.3. The average Bonchev–Trinajstić information content (AvgIpc) is 2.85. The molecule has 1 saturated heterocycles. The number of carbonyl (C=O) groups excluding carboxylic acids is 2. The van der Waals surface area contributed by atoms with Crippen molar-refractivity contribution in [3.63, 3.8) is 0 Å². The van der Waals surface area contributed by atoms with Crippen LogP contribution in [0, 0.1) is 12.3 Å². The Morgan fingerprint density at radius 3 is 2.55 bits per heavy atom. The molecule has 2 aromatic rings. The molecule has 6 nitrogen and oxygen atoms in total. The number of piperidine rings is 1. The Balaban J connectivity index is 1.57. The molecule has 0 aliphatic carbocycles. The van der Waals surface area contributed by atoms with Gasteiger partial charge in [-0.2, -0.15) is 0 Å². The summed E-state index contributed by atoms with van der Waals surface area (Å²) in [6.07, 6.45) is 4.31. The molecule has 2 aromatic carbocycles. The fourth-order valence-corrected chi connectivity index (χ4v) is 4.95. The molecule has 176 valence electrons. The van der Waals surface area contributed by atoms with Gasteiger partial charge in [0.1, 0.15) is 12.4 Å². The third-order valence-corrected chi connectivity index (χ3v) is 7.12. The predicted octanol–water partition coefficient (Wildman–Crippen LogP) is 3.91. The standard InChI is InChI=1S/C27H34N2O4/c1-21-7-6-8-22(19-21)25(31)28-14-5-4-11-27(20-30)12-15-29(16-13-27)26(32)23-9-2-3-10-24(23)33-18-17-28/h2-3,6-10,19,30H,4-5,11-18,20H2,1H3. The van der Waals surface area contributed by atoms with Gasteiger partial charge in [-0.25, -0.2) is 0 Å². The number of aliphatic hydroxyl groups is 1. The van der Waals surface area contributed by atoms with Gasteiger partial charge < -0.3 is 19.6 Å². The van der Waals surface area contributed by atoms with Gasteiger partial charge in [-0.05, 0) is 62.3 Å². The Hall–Kier alpha value is -2.86. The van der Waals surface area contributed by atoms with Crippen LogP contribution in [0.5, 0.6) is 5.75 Å². The molecule has 0 radical (unpaired) electrons. The zero-order chi connectivity index (χ0) is 23.3. The first-order valence-corrected chi connectivity index (χ1v) is 12.0. The highest BCUT2D eigenvalue weighted by atomic mass is 16.5. The second-order valence-corrected chi connectivity index (χ2v) is 9.41. The van der Waals surface area contributed by atoms with Crippen molar-refractivity contribution in [2.45, 2.75) is 39.0 Å². The van der Waals surface area contributed by atoms with Gasteiger partial charge in [-0.15, -0.1) is 0 Å². The van der Waals surface area contributed by atoms with E-state index in [0.717, 1.165) is 37.7 Å². The highest BCUT2D eigenvalue weighted by molar-refractivity contribution is 5.97. The van der Waals surface area contributed by atoms with Crippen molar-refractivity contribution in [3.05, 3.63) is 65.2 Å². The molecule has 1 N–H and O–H groups in total. The second kappa shape index (κ2) is 10.4. The van der Waals surface area contributed by atoms with Crippen molar-refractivity contribution in [1.29, 1.82) is 0 Å². The molecule has 0 aromatic heterocycles. The lowest BCUT2D eigenvalue weighted by molar-refractivity contribution is 0.0297. The number of aryl methyl sites for hydroxylation is 1. The number of hydrogen-bond donors (Lipinski definition) is 1. The third-order valence-electron chi connectivity index (χ3n) is 7.12. The van der Waals surface area contributed by atoms with Gasteiger partial charge in [0.2, 0.25) is 0 Å². The molecule has 0 saturated carbocycles. The maximum atomic E-state index is 13.3. The Morgan fingerprint density at radius 2 is 1.79 bits per heavy atom.